The number of carbonyl (C=O) groups is 2. The van der Waals surface area contributed by atoms with Crippen LogP contribution in [0.5, 0.6) is 0 Å². The van der Waals surface area contributed by atoms with Gasteiger partial charge in [0, 0.05) is 38.6 Å². The minimum Gasteiger partial charge on any atom is -0.339 e. The summed E-state index contributed by atoms with van der Waals surface area (Å²) < 4.78 is 0. The Balaban J connectivity index is 1.73. The Hall–Kier alpha value is -1.26. The Labute approximate surface area is 121 Å². The molecule has 114 valence electrons. The van der Waals surface area contributed by atoms with Crippen molar-refractivity contribution >= 4 is 11.9 Å². The van der Waals surface area contributed by atoms with E-state index in [1.165, 1.54) is 12.8 Å². The van der Waals surface area contributed by atoms with Crippen LogP contribution in [0, 0.1) is 5.92 Å². The van der Waals surface area contributed by atoms with E-state index in [4.69, 9.17) is 0 Å². The number of nitrogens with one attached hydrogen (secondary N) is 1. The molecule has 1 saturated carbocycles. The van der Waals surface area contributed by atoms with Gasteiger partial charge < -0.3 is 15.1 Å². The molecule has 3 amide bonds. The first-order valence-electron chi connectivity index (χ1n) is 7.89. The molecule has 0 unspecified atom stereocenters. The van der Waals surface area contributed by atoms with Crippen LogP contribution >= 0.6 is 0 Å². The van der Waals surface area contributed by atoms with E-state index in [9.17, 15) is 9.59 Å². The molecule has 1 heterocycles. The molecule has 1 aliphatic heterocycles. The zero-order chi connectivity index (χ0) is 14.5. The Kier molecular flexibility index (Phi) is 5.26. The van der Waals surface area contributed by atoms with Crippen LogP contribution in [0.4, 0.5) is 4.79 Å². The van der Waals surface area contributed by atoms with Gasteiger partial charge >= 0.3 is 6.03 Å². The van der Waals surface area contributed by atoms with Gasteiger partial charge in [0.15, 0.2) is 0 Å². The molecule has 0 aromatic heterocycles. The largest absolute Gasteiger partial charge is 0.339 e. The van der Waals surface area contributed by atoms with E-state index >= 15 is 0 Å². The predicted octanol–water partition coefficient (Wildman–Crippen LogP) is 1.83. The summed E-state index contributed by atoms with van der Waals surface area (Å²) in [6.07, 6.45) is 5.27. The van der Waals surface area contributed by atoms with E-state index in [0.29, 0.717) is 44.6 Å². The summed E-state index contributed by atoms with van der Waals surface area (Å²) in [7, 11) is 0. The van der Waals surface area contributed by atoms with Gasteiger partial charge in [-0.2, -0.15) is 0 Å². The SMILES string of the molecule is CC(C)CC(=O)N1CCN(C(=O)NC2CCCC2)CC1. The number of carbonyl (C=O) groups excluding carboxylic acids is 2. The molecule has 1 aliphatic carbocycles. The quantitative estimate of drug-likeness (QED) is 0.858. The van der Waals surface area contributed by atoms with Crippen molar-refractivity contribution in [2.24, 2.45) is 5.92 Å². The second kappa shape index (κ2) is 6.95. The third kappa shape index (κ3) is 4.12. The van der Waals surface area contributed by atoms with Gasteiger partial charge in [-0.1, -0.05) is 26.7 Å². The number of amides is 3. The Bertz CT molecular complexity index is 343. The molecule has 5 heteroatoms. The van der Waals surface area contributed by atoms with Crippen LogP contribution in [-0.4, -0.2) is 54.0 Å². The minimum atomic E-state index is 0.0489. The maximum absolute atomic E-state index is 12.1. The van der Waals surface area contributed by atoms with E-state index in [0.717, 1.165) is 12.8 Å². The van der Waals surface area contributed by atoms with Gasteiger partial charge in [0.05, 0.1) is 0 Å². The number of nitrogens with zero attached hydrogens (tertiary/aromatic N) is 2. The number of urea groups is 1. The van der Waals surface area contributed by atoms with Crippen molar-refractivity contribution in [3.63, 3.8) is 0 Å². The first-order chi connectivity index (χ1) is 9.56. The smallest absolute Gasteiger partial charge is 0.317 e. The molecule has 2 aliphatic rings. The van der Waals surface area contributed by atoms with Gasteiger partial charge in [-0.05, 0) is 18.8 Å². The van der Waals surface area contributed by atoms with E-state index in [2.05, 4.69) is 19.2 Å². The maximum Gasteiger partial charge on any atom is 0.317 e. The van der Waals surface area contributed by atoms with Gasteiger partial charge in [-0.3, -0.25) is 4.79 Å². The maximum atomic E-state index is 12.1. The molecule has 0 aromatic rings. The van der Waals surface area contributed by atoms with Gasteiger partial charge in [0.2, 0.25) is 5.91 Å². The summed E-state index contributed by atoms with van der Waals surface area (Å²) in [6, 6.07) is 0.413. The second-order valence-corrected chi connectivity index (χ2v) is 6.40. The lowest BCUT2D eigenvalue weighted by Gasteiger charge is -2.35. The molecule has 2 fully saturated rings. The molecule has 0 radical (unpaired) electrons. The molecule has 2 rings (SSSR count). The Morgan fingerprint density at radius 3 is 2.15 bits per heavy atom. The molecular formula is C15H27N3O2. The summed E-state index contributed by atoms with van der Waals surface area (Å²) in [5.41, 5.74) is 0. The van der Waals surface area contributed by atoms with E-state index in [-0.39, 0.29) is 11.9 Å². The van der Waals surface area contributed by atoms with Crippen LogP contribution in [0.2, 0.25) is 0 Å². The van der Waals surface area contributed by atoms with E-state index in [1.54, 1.807) is 0 Å². The fourth-order valence-electron chi connectivity index (χ4n) is 2.97. The first kappa shape index (κ1) is 15.1. The first-order valence-corrected chi connectivity index (χ1v) is 7.89. The summed E-state index contributed by atoms with van der Waals surface area (Å²) in [5, 5.41) is 3.11. The molecule has 0 spiro atoms. The van der Waals surface area contributed by atoms with E-state index < -0.39 is 0 Å². The molecule has 1 saturated heterocycles. The van der Waals surface area contributed by atoms with Gasteiger partial charge in [0.25, 0.3) is 0 Å². The highest BCUT2D eigenvalue weighted by molar-refractivity contribution is 5.78. The molecule has 0 atom stereocenters. The lowest BCUT2D eigenvalue weighted by atomic mass is 10.1. The average molecular weight is 281 g/mol. The van der Waals surface area contributed by atoms with Crippen molar-refractivity contribution in [2.45, 2.75) is 52.0 Å². The predicted molar refractivity (Wildman–Crippen MR) is 78.4 cm³/mol. The summed E-state index contributed by atoms with van der Waals surface area (Å²) in [5.74, 6) is 0.613. The van der Waals surface area contributed by atoms with Crippen molar-refractivity contribution < 1.29 is 9.59 Å². The van der Waals surface area contributed by atoms with E-state index in [1.807, 2.05) is 9.80 Å². The minimum absolute atomic E-state index is 0.0489. The molecule has 20 heavy (non-hydrogen) atoms. The zero-order valence-electron chi connectivity index (χ0n) is 12.7. The lowest BCUT2D eigenvalue weighted by molar-refractivity contribution is -0.133. The fourth-order valence-corrected chi connectivity index (χ4v) is 2.97. The number of hydrogen-bond donors (Lipinski definition) is 1. The average Bonchev–Trinajstić information content (AvgIpc) is 2.91. The highest BCUT2D eigenvalue weighted by Crippen LogP contribution is 2.18. The van der Waals surface area contributed by atoms with Crippen LogP contribution in [-0.2, 0) is 4.79 Å². The highest BCUT2D eigenvalue weighted by Gasteiger charge is 2.26. The van der Waals surface area contributed by atoms with Gasteiger partial charge in [-0.25, -0.2) is 4.79 Å². The van der Waals surface area contributed by atoms with Crippen molar-refractivity contribution in [3.8, 4) is 0 Å². The third-order valence-electron chi connectivity index (χ3n) is 4.19. The topological polar surface area (TPSA) is 52.7 Å². The van der Waals surface area contributed by atoms with Crippen LogP contribution in [0.1, 0.15) is 46.0 Å². The van der Waals surface area contributed by atoms with Crippen LogP contribution in [0.15, 0.2) is 0 Å². The molecule has 5 nitrogen and oxygen atoms in total. The molecule has 0 bridgehead atoms. The normalized spacial score (nSPS) is 20.6. The Morgan fingerprint density at radius 2 is 1.60 bits per heavy atom. The molecule has 0 aromatic carbocycles. The van der Waals surface area contributed by atoms with Crippen molar-refractivity contribution in [1.82, 2.24) is 15.1 Å². The lowest BCUT2D eigenvalue weighted by Crippen LogP contribution is -2.54. The van der Waals surface area contributed by atoms with Crippen molar-refractivity contribution in [1.29, 1.82) is 0 Å². The number of piperazine rings is 1. The summed E-state index contributed by atoms with van der Waals surface area (Å²) in [4.78, 5) is 27.8. The summed E-state index contributed by atoms with van der Waals surface area (Å²) in [6.45, 7) is 6.77. The van der Waals surface area contributed by atoms with Crippen LogP contribution < -0.4 is 5.32 Å². The van der Waals surface area contributed by atoms with Crippen LogP contribution in [0.3, 0.4) is 0 Å². The van der Waals surface area contributed by atoms with Gasteiger partial charge in [-0.15, -0.1) is 0 Å². The van der Waals surface area contributed by atoms with Crippen LogP contribution in [0.25, 0.3) is 0 Å². The highest BCUT2D eigenvalue weighted by atomic mass is 16.2. The monoisotopic (exact) mass is 281 g/mol. The van der Waals surface area contributed by atoms with Gasteiger partial charge in [0.1, 0.15) is 0 Å². The number of rotatable bonds is 3. The number of hydrogen-bond acceptors (Lipinski definition) is 2. The fraction of sp³-hybridized carbons (Fsp3) is 0.867. The summed E-state index contributed by atoms with van der Waals surface area (Å²) >= 11 is 0. The Morgan fingerprint density at radius 1 is 1.05 bits per heavy atom. The standard InChI is InChI=1S/C15H27N3O2/c1-12(2)11-14(19)17-7-9-18(10-8-17)15(20)16-13-5-3-4-6-13/h12-13H,3-11H2,1-2H3,(H,16,20). The molecule has 1 N–H and O–H groups in total. The molecular weight excluding hydrogens is 254 g/mol. The van der Waals surface area contributed by atoms with Crippen molar-refractivity contribution in [2.75, 3.05) is 26.2 Å². The third-order valence-corrected chi connectivity index (χ3v) is 4.19. The van der Waals surface area contributed by atoms with Crippen molar-refractivity contribution in [3.05, 3.63) is 0 Å². The second-order valence-electron chi connectivity index (χ2n) is 6.40. The zero-order valence-corrected chi connectivity index (χ0v) is 12.7.